The second kappa shape index (κ2) is 5.44. The van der Waals surface area contributed by atoms with E-state index in [-0.39, 0.29) is 24.4 Å². The summed E-state index contributed by atoms with van der Waals surface area (Å²) in [5.41, 5.74) is 6.79. The zero-order chi connectivity index (χ0) is 15.0. The van der Waals surface area contributed by atoms with Gasteiger partial charge in [-0.25, -0.2) is 4.39 Å². The summed E-state index contributed by atoms with van der Waals surface area (Å²) in [5.74, 6) is -1.03. The third-order valence-electron chi connectivity index (χ3n) is 4.17. The van der Waals surface area contributed by atoms with Gasteiger partial charge < -0.3 is 16.0 Å². The number of rotatable bonds is 3. The fraction of sp³-hybridized carbons (Fsp3) is 0.467. The van der Waals surface area contributed by atoms with Gasteiger partial charge in [0.1, 0.15) is 18.4 Å². The van der Waals surface area contributed by atoms with E-state index in [9.17, 15) is 14.0 Å². The van der Waals surface area contributed by atoms with Crippen LogP contribution < -0.4 is 16.0 Å². The highest BCUT2D eigenvalue weighted by molar-refractivity contribution is 6.07. The van der Waals surface area contributed by atoms with Gasteiger partial charge in [-0.1, -0.05) is 18.9 Å². The summed E-state index contributed by atoms with van der Waals surface area (Å²) in [5, 5.41) is 2.92. The monoisotopic (exact) mass is 291 g/mol. The molecule has 2 amide bonds. The number of fused-ring (bicyclic) bond motifs is 1. The van der Waals surface area contributed by atoms with Crippen molar-refractivity contribution in [3.05, 3.63) is 29.6 Å². The van der Waals surface area contributed by atoms with Gasteiger partial charge in [-0.3, -0.25) is 9.59 Å². The van der Waals surface area contributed by atoms with Crippen molar-refractivity contribution >= 4 is 17.5 Å². The molecule has 6 heteroatoms. The normalized spacial score (nSPS) is 21.7. The highest BCUT2D eigenvalue weighted by Gasteiger charge is 2.36. The number of halogens is 1. The summed E-state index contributed by atoms with van der Waals surface area (Å²) in [6, 6.07) is 3.40. The number of nitrogens with zero attached hydrogens (tertiary/aromatic N) is 1. The van der Waals surface area contributed by atoms with Gasteiger partial charge in [-0.05, 0) is 25.0 Å². The Kier molecular flexibility index (Phi) is 3.63. The Labute approximate surface area is 122 Å². The molecule has 1 unspecified atom stereocenters. The second-order valence-electron chi connectivity index (χ2n) is 5.65. The van der Waals surface area contributed by atoms with Crippen LogP contribution in [0.4, 0.5) is 10.1 Å². The van der Waals surface area contributed by atoms with Crippen molar-refractivity contribution in [3.8, 4) is 0 Å². The van der Waals surface area contributed by atoms with Crippen molar-refractivity contribution < 1.29 is 14.0 Å². The van der Waals surface area contributed by atoms with Crippen LogP contribution in [0.3, 0.4) is 0 Å². The summed E-state index contributed by atoms with van der Waals surface area (Å²) in [7, 11) is 0. The van der Waals surface area contributed by atoms with Crippen molar-refractivity contribution in [3.63, 3.8) is 0 Å². The number of carbonyl (C=O) groups excluding carboxylic acids is 2. The molecule has 2 aliphatic rings. The van der Waals surface area contributed by atoms with Gasteiger partial charge in [0.15, 0.2) is 0 Å². The molecule has 1 saturated carbocycles. The molecule has 0 saturated heterocycles. The highest BCUT2D eigenvalue weighted by Crippen LogP contribution is 2.34. The van der Waals surface area contributed by atoms with Gasteiger partial charge in [0.05, 0.1) is 5.69 Å². The predicted octanol–water partition coefficient (Wildman–Crippen LogP) is 1.23. The molecule has 3 N–H and O–H groups in total. The lowest BCUT2D eigenvalue weighted by Gasteiger charge is -2.19. The molecule has 112 valence electrons. The Hall–Kier alpha value is -1.95. The van der Waals surface area contributed by atoms with E-state index >= 15 is 0 Å². The van der Waals surface area contributed by atoms with Gasteiger partial charge in [0, 0.05) is 11.6 Å². The lowest BCUT2D eigenvalue weighted by Crippen LogP contribution is -2.43. The maximum atomic E-state index is 13.4. The van der Waals surface area contributed by atoms with Crippen LogP contribution in [0.2, 0.25) is 0 Å². The lowest BCUT2D eigenvalue weighted by molar-refractivity contribution is -0.124. The number of amides is 2. The second-order valence-corrected chi connectivity index (χ2v) is 5.65. The van der Waals surface area contributed by atoms with Gasteiger partial charge in [-0.15, -0.1) is 0 Å². The molecule has 5 nitrogen and oxygen atoms in total. The first kappa shape index (κ1) is 14.0. The quantitative estimate of drug-likeness (QED) is 0.879. The molecule has 1 aliphatic carbocycles. The van der Waals surface area contributed by atoms with Gasteiger partial charge in [0.25, 0.3) is 0 Å². The smallest absolute Gasteiger partial charge is 0.249 e. The molecule has 1 aliphatic heterocycles. The average molecular weight is 291 g/mol. The summed E-state index contributed by atoms with van der Waals surface area (Å²) in [6.07, 6.45) is 4.19. The van der Waals surface area contributed by atoms with Crippen molar-refractivity contribution in [1.29, 1.82) is 0 Å². The molecule has 1 aromatic carbocycles. The Morgan fingerprint density at radius 3 is 2.81 bits per heavy atom. The van der Waals surface area contributed by atoms with Gasteiger partial charge in [0.2, 0.25) is 11.8 Å². The molecule has 0 aromatic heterocycles. The summed E-state index contributed by atoms with van der Waals surface area (Å²) in [4.78, 5) is 25.5. The molecule has 1 atom stereocenters. The standard InChI is InChI=1S/C15H18FN3O2/c16-9-5-6-11-12(7-9)19(15(21)14(11)17)8-13(20)18-10-3-1-2-4-10/h5-7,10,14H,1-4,8,17H2,(H,18,20). The minimum Gasteiger partial charge on any atom is -0.352 e. The molecule has 21 heavy (non-hydrogen) atoms. The zero-order valence-corrected chi connectivity index (χ0v) is 11.6. The molecule has 1 heterocycles. The van der Waals surface area contributed by atoms with Crippen molar-refractivity contribution in [2.75, 3.05) is 11.4 Å². The molecule has 0 spiro atoms. The lowest BCUT2D eigenvalue weighted by atomic mass is 10.1. The number of nitrogens with two attached hydrogens (primary N) is 1. The van der Waals surface area contributed by atoms with Crippen LogP contribution in [0, 0.1) is 5.82 Å². The number of hydrogen-bond acceptors (Lipinski definition) is 3. The molecule has 3 rings (SSSR count). The molecular weight excluding hydrogens is 273 g/mol. The first-order chi connectivity index (χ1) is 10.1. The third kappa shape index (κ3) is 2.63. The van der Waals surface area contributed by atoms with Crippen LogP contribution >= 0.6 is 0 Å². The summed E-state index contributed by atoms with van der Waals surface area (Å²) in [6.45, 7) is -0.112. The number of benzene rings is 1. The van der Waals surface area contributed by atoms with Gasteiger partial charge >= 0.3 is 0 Å². The van der Waals surface area contributed by atoms with Crippen LogP contribution in [-0.4, -0.2) is 24.4 Å². The van der Waals surface area contributed by atoms with E-state index < -0.39 is 11.9 Å². The fourth-order valence-electron chi connectivity index (χ4n) is 3.08. The molecule has 0 bridgehead atoms. The SMILES string of the molecule is NC1C(=O)N(CC(=O)NC2CCCC2)c2cc(F)ccc21. The largest absolute Gasteiger partial charge is 0.352 e. The van der Waals surface area contributed by atoms with E-state index in [0.29, 0.717) is 11.3 Å². The highest BCUT2D eigenvalue weighted by atomic mass is 19.1. The third-order valence-corrected chi connectivity index (χ3v) is 4.17. The minimum atomic E-state index is -0.820. The molecular formula is C15H18FN3O2. The van der Waals surface area contributed by atoms with Gasteiger partial charge in [-0.2, -0.15) is 0 Å². The number of nitrogens with one attached hydrogen (secondary N) is 1. The van der Waals surface area contributed by atoms with E-state index in [1.54, 1.807) is 0 Å². The zero-order valence-electron chi connectivity index (χ0n) is 11.6. The van der Waals surface area contributed by atoms with Crippen LogP contribution in [0.15, 0.2) is 18.2 Å². The topological polar surface area (TPSA) is 75.4 Å². The Morgan fingerprint density at radius 1 is 1.38 bits per heavy atom. The summed E-state index contributed by atoms with van der Waals surface area (Å²) >= 11 is 0. The maximum absolute atomic E-state index is 13.4. The van der Waals surface area contributed by atoms with Crippen LogP contribution in [-0.2, 0) is 9.59 Å². The maximum Gasteiger partial charge on any atom is 0.249 e. The van der Waals surface area contributed by atoms with Crippen LogP contribution in [0.25, 0.3) is 0 Å². The van der Waals surface area contributed by atoms with Crippen molar-refractivity contribution in [1.82, 2.24) is 5.32 Å². The first-order valence-corrected chi connectivity index (χ1v) is 7.22. The number of hydrogen-bond donors (Lipinski definition) is 2. The Balaban J connectivity index is 1.74. The fourth-order valence-corrected chi connectivity index (χ4v) is 3.08. The molecule has 1 aromatic rings. The van der Waals surface area contributed by atoms with E-state index in [0.717, 1.165) is 25.7 Å². The van der Waals surface area contributed by atoms with Crippen LogP contribution in [0.1, 0.15) is 37.3 Å². The van der Waals surface area contributed by atoms with E-state index in [1.807, 2.05) is 0 Å². The number of carbonyl (C=O) groups is 2. The number of anilines is 1. The Morgan fingerprint density at radius 2 is 2.10 bits per heavy atom. The van der Waals surface area contributed by atoms with Crippen LogP contribution in [0.5, 0.6) is 0 Å². The minimum absolute atomic E-state index is 0.112. The molecule has 0 radical (unpaired) electrons. The van der Waals surface area contributed by atoms with Crippen molar-refractivity contribution in [2.45, 2.75) is 37.8 Å². The average Bonchev–Trinajstić information content (AvgIpc) is 3.02. The van der Waals surface area contributed by atoms with Crippen molar-refractivity contribution in [2.24, 2.45) is 5.73 Å². The first-order valence-electron chi connectivity index (χ1n) is 7.22. The van der Waals surface area contributed by atoms with E-state index in [2.05, 4.69) is 5.32 Å². The predicted molar refractivity (Wildman–Crippen MR) is 76.1 cm³/mol. The van der Waals surface area contributed by atoms with E-state index in [4.69, 9.17) is 5.73 Å². The summed E-state index contributed by atoms with van der Waals surface area (Å²) < 4.78 is 13.4. The molecule has 1 fully saturated rings. The van der Waals surface area contributed by atoms with E-state index in [1.165, 1.54) is 23.1 Å². The Bertz CT molecular complexity index is 584.